The van der Waals surface area contributed by atoms with Gasteiger partial charge < -0.3 is 16.2 Å². The van der Waals surface area contributed by atoms with Gasteiger partial charge in [-0.25, -0.2) is 0 Å². The van der Waals surface area contributed by atoms with Gasteiger partial charge in [-0.2, -0.15) is 0 Å². The van der Waals surface area contributed by atoms with Gasteiger partial charge >= 0.3 is 5.97 Å². The van der Waals surface area contributed by atoms with E-state index in [0.29, 0.717) is 12.8 Å². The smallest absolute Gasteiger partial charge is 0.303 e. The lowest BCUT2D eigenvalue weighted by Gasteiger charge is -2.26. The fraction of sp³-hybridized carbons (Fsp3) is 0.818. The van der Waals surface area contributed by atoms with Gasteiger partial charge in [0, 0.05) is 24.9 Å². The van der Waals surface area contributed by atoms with E-state index in [1.807, 2.05) is 0 Å². The summed E-state index contributed by atoms with van der Waals surface area (Å²) in [5.41, 5.74) is 5.76. The van der Waals surface area contributed by atoms with E-state index in [1.165, 1.54) is 0 Å². The predicted octanol–water partition coefficient (Wildman–Crippen LogP) is 0.627. The number of hydrogen-bond donors (Lipinski definition) is 3. The summed E-state index contributed by atoms with van der Waals surface area (Å²) in [6.45, 7) is 0. The minimum Gasteiger partial charge on any atom is -0.481 e. The van der Waals surface area contributed by atoms with Crippen LogP contribution in [0.1, 0.15) is 44.9 Å². The number of nitrogens with one attached hydrogen (secondary N) is 1. The molecule has 0 bridgehead atoms. The molecule has 0 aromatic rings. The number of carbonyl (C=O) groups excluding carboxylic acids is 1. The molecule has 0 spiro atoms. The van der Waals surface area contributed by atoms with Crippen molar-refractivity contribution in [3.63, 3.8) is 0 Å². The summed E-state index contributed by atoms with van der Waals surface area (Å²) in [5.74, 6) is -0.891. The summed E-state index contributed by atoms with van der Waals surface area (Å²) in [4.78, 5) is 21.7. The second-order valence-corrected chi connectivity index (χ2v) is 4.43. The quantitative estimate of drug-likeness (QED) is 0.643. The summed E-state index contributed by atoms with van der Waals surface area (Å²) in [6.07, 6.45) is 4.56. The maximum Gasteiger partial charge on any atom is 0.303 e. The topological polar surface area (TPSA) is 92.4 Å². The third-order valence-corrected chi connectivity index (χ3v) is 2.93. The van der Waals surface area contributed by atoms with Crippen LogP contribution in [-0.4, -0.2) is 29.1 Å². The Bertz CT molecular complexity index is 248. The van der Waals surface area contributed by atoms with E-state index >= 15 is 0 Å². The summed E-state index contributed by atoms with van der Waals surface area (Å²) in [7, 11) is 0. The molecule has 5 heteroatoms. The molecule has 92 valence electrons. The van der Waals surface area contributed by atoms with Gasteiger partial charge in [-0.05, 0) is 32.1 Å². The van der Waals surface area contributed by atoms with Gasteiger partial charge in [-0.3, -0.25) is 9.59 Å². The minimum atomic E-state index is -0.851. The van der Waals surface area contributed by atoms with E-state index < -0.39 is 5.97 Å². The van der Waals surface area contributed by atoms with Crippen molar-refractivity contribution in [2.24, 2.45) is 5.73 Å². The Balaban J connectivity index is 2.11. The monoisotopic (exact) mass is 228 g/mol. The number of rotatable bonds is 5. The van der Waals surface area contributed by atoms with Gasteiger partial charge in [-0.1, -0.05) is 0 Å². The zero-order chi connectivity index (χ0) is 12.0. The first-order chi connectivity index (χ1) is 7.58. The van der Waals surface area contributed by atoms with Crippen molar-refractivity contribution in [1.29, 1.82) is 0 Å². The number of amides is 1. The normalized spacial score (nSPS) is 25.1. The van der Waals surface area contributed by atoms with Crippen LogP contribution in [-0.2, 0) is 9.59 Å². The number of carboxylic acid groups (broad SMARTS) is 1. The Morgan fingerprint density at radius 3 is 2.38 bits per heavy atom. The van der Waals surface area contributed by atoms with Crippen molar-refractivity contribution in [2.75, 3.05) is 0 Å². The summed E-state index contributed by atoms with van der Waals surface area (Å²) in [6, 6.07) is 0.511. The standard InChI is InChI=1S/C11H20N2O3/c12-8-4-6-9(7-5-8)13-10(14)2-1-3-11(15)16/h8-9H,1-7,12H2,(H,13,14)(H,15,16). The maximum absolute atomic E-state index is 11.4. The van der Waals surface area contributed by atoms with Gasteiger partial charge in [0.15, 0.2) is 0 Å². The van der Waals surface area contributed by atoms with Crippen molar-refractivity contribution in [3.8, 4) is 0 Å². The van der Waals surface area contributed by atoms with E-state index in [0.717, 1.165) is 25.7 Å². The van der Waals surface area contributed by atoms with E-state index in [1.54, 1.807) is 0 Å². The molecule has 0 radical (unpaired) electrons. The molecule has 0 aromatic heterocycles. The molecule has 1 aliphatic carbocycles. The highest BCUT2D eigenvalue weighted by molar-refractivity contribution is 5.77. The zero-order valence-corrected chi connectivity index (χ0v) is 9.45. The Hall–Kier alpha value is -1.10. The first-order valence-electron chi connectivity index (χ1n) is 5.84. The highest BCUT2D eigenvalue weighted by Gasteiger charge is 2.19. The van der Waals surface area contributed by atoms with Gasteiger partial charge in [-0.15, -0.1) is 0 Å². The largest absolute Gasteiger partial charge is 0.481 e. The molecule has 0 heterocycles. The van der Waals surface area contributed by atoms with Crippen LogP contribution in [0.25, 0.3) is 0 Å². The number of aliphatic carboxylic acids is 1. The van der Waals surface area contributed by atoms with Crippen molar-refractivity contribution < 1.29 is 14.7 Å². The van der Waals surface area contributed by atoms with E-state index in [2.05, 4.69) is 5.32 Å². The molecule has 1 aliphatic rings. The average molecular weight is 228 g/mol. The van der Waals surface area contributed by atoms with Crippen LogP contribution in [0.15, 0.2) is 0 Å². The molecule has 0 aliphatic heterocycles. The second-order valence-electron chi connectivity index (χ2n) is 4.43. The molecule has 1 fully saturated rings. The van der Waals surface area contributed by atoms with E-state index in [9.17, 15) is 9.59 Å². The fourth-order valence-electron chi connectivity index (χ4n) is 1.96. The Morgan fingerprint density at radius 2 is 1.81 bits per heavy atom. The SMILES string of the molecule is NC1CCC(NC(=O)CCCC(=O)O)CC1. The first kappa shape index (κ1) is 13.0. The summed E-state index contributed by atoms with van der Waals surface area (Å²) >= 11 is 0. The molecule has 4 N–H and O–H groups in total. The Morgan fingerprint density at radius 1 is 1.19 bits per heavy atom. The van der Waals surface area contributed by atoms with Crippen molar-refractivity contribution in [2.45, 2.75) is 57.0 Å². The lowest BCUT2D eigenvalue weighted by atomic mass is 9.92. The molecule has 0 atom stereocenters. The molecule has 0 aromatic carbocycles. The van der Waals surface area contributed by atoms with Crippen molar-refractivity contribution in [1.82, 2.24) is 5.32 Å². The molecule has 16 heavy (non-hydrogen) atoms. The minimum absolute atomic E-state index is 0.0401. The average Bonchev–Trinajstić information content (AvgIpc) is 2.21. The molecule has 5 nitrogen and oxygen atoms in total. The molecular weight excluding hydrogens is 208 g/mol. The first-order valence-corrected chi connectivity index (χ1v) is 5.84. The fourth-order valence-corrected chi connectivity index (χ4v) is 1.96. The summed E-state index contributed by atoms with van der Waals surface area (Å²) < 4.78 is 0. The van der Waals surface area contributed by atoms with Crippen LogP contribution in [0, 0.1) is 0 Å². The Kier molecular flexibility index (Phi) is 5.25. The van der Waals surface area contributed by atoms with Crippen LogP contribution < -0.4 is 11.1 Å². The third-order valence-electron chi connectivity index (χ3n) is 2.93. The van der Waals surface area contributed by atoms with Crippen LogP contribution >= 0.6 is 0 Å². The lowest BCUT2D eigenvalue weighted by Crippen LogP contribution is -2.40. The number of carboxylic acids is 1. The highest BCUT2D eigenvalue weighted by atomic mass is 16.4. The van der Waals surface area contributed by atoms with E-state index in [-0.39, 0.29) is 24.4 Å². The van der Waals surface area contributed by atoms with Crippen molar-refractivity contribution >= 4 is 11.9 Å². The molecule has 0 unspecified atom stereocenters. The molecular formula is C11H20N2O3. The number of carbonyl (C=O) groups is 2. The molecule has 0 saturated heterocycles. The van der Waals surface area contributed by atoms with Crippen LogP contribution in [0.3, 0.4) is 0 Å². The van der Waals surface area contributed by atoms with Gasteiger partial charge in [0.2, 0.25) is 5.91 Å². The van der Waals surface area contributed by atoms with Crippen LogP contribution in [0.4, 0.5) is 0 Å². The highest BCUT2D eigenvalue weighted by Crippen LogP contribution is 2.17. The lowest BCUT2D eigenvalue weighted by molar-refractivity contribution is -0.137. The molecule has 1 saturated carbocycles. The van der Waals surface area contributed by atoms with Gasteiger partial charge in [0.25, 0.3) is 0 Å². The molecule has 1 rings (SSSR count). The second kappa shape index (κ2) is 6.48. The number of nitrogens with two attached hydrogens (primary N) is 1. The van der Waals surface area contributed by atoms with Gasteiger partial charge in [0.05, 0.1) is 0 Å². The van der Waals surface area contributed by atoms with Crippen LogP contribution in [0.5, 0.6) is 0 Å². The molecule has 1 amide bonds. The zero-order valence-electron chi connectivity index (χ0n) is 9.45. The number of hydrogen-bond acceptors (Lipinski definition) is 3. The summed E-state index contributed by atoms with van der Waals surface area (Å²) in [5, 5.41) is 11.4. The van der Waals surface area contributed by atoms with Gasteiger partial charge in [0.1, 0.15) is 0 Å². The maximum atomic E-state index is 11.4. The van der Waals surface area contributed by atoms with E-state index in [4.69, 9.17) is 10.8 Å². The predicted molar refractivity (Wildman–Crippen MR) is 59.9 cm³/mol. The van der Waals surface area contributed by atoms with Crippen molar-refractivity contribution in [3.05, 3.63) is 0 Å². The Labute approximate surface area is 95.4 Å². The third kappa shape index (κ3) is 5.11. The van der Waals surface area contributed by atoms with Crippen LogP contribution in [0.2, 0.25) is 0 Å².